The number of carbonyl (C=O) groups excluding carboxylic acids is 1. The standard InChI is InChI=1S/C3H6O.Cu/c1-3(2)4;/h1-2H3;/q;+2. The van der Waals surface area contributed by atoms with Crippen molar-refractivity contribution < 1.29 is 21.9 Å². The third-order valence-corrected chi connectivity index (χ3v) is 0. The van der Waals surface area contributed by atoms with Crippen LogP contribution in [0.3, 0.4) is 0 Å². The van der Waals surface area contributed by atoms with Crippen molar-refractivity contribution in [1.82, 2.24) is 0 Å². The molecule has 0 aliphatic rings. The van der Waals surface area contributed by atoms with E-state index in [1.54, 1.807) is 0 Å². The summed E-state index contributed by atoms with van der Waals surface area (Å²) < 4.78 is 0. The first-order valence-electron chi connectivity index (χ1n) is 1.20. The molecule has 0 bridgehead atoms. The summed E-state index contributed by atoms with van der Waals surface area (Å²) in [4.78, 5) is 9.44. The van der Waals surface area contributed by atoms with Gasteiger partial charge in [-0.2, -0.15) is 0 Å². The number of hydrogen-bond acceptors (Lipinski definition) is 1. The molecule has 0 heterocycles. The van der Waals surface area contributed by atoms with E-state index in [0.717, 1.165) is 0 Å². The predicted octanol–water partition coefficient (Wildman–Crippen LogP) is 0.593. The zero-order chi connectivity index (χ0) is 3.58. The van der Waals surface area contributed by atoms with Crippen LogP contribution < -0.4 is 0 Å². The Kier molecular flexibility index (Phi) is 7.50. The molecule has 33 valence electrons. The van der Waals surface area contributed by atoms with Crippen molar-refractivity contribution in [1.29, 1.82) is 0 Å². The zero-order valence-corrected chi connectivity index (χ0v) is 4.15. The van der Waals surface area contributed by atoms with Crippen molar-refractivity contribution >= 4 is 5.78 Å². The summed E-state index contributed by atoms with van der Waals surface area (Å²) in [5.74, 6) is 0.167. The fraction of sp³-hybridized carbons (Fsp3) is 0.667. The van der Waals surface area contributed by atoms with E-state index in [9.17, 15) is 4.79 Å². The summed E-state index contributed by atoms with van der Waals surface area (Å²) in [5.41, 5.74) is 0. The maximum absolute atomic E-state index is 9.44. The van der Waals surface area contributed by atoms with Crippen molar-refractivity contribution in [2.75, 3.05) is 0 Å². The quantitative estimate of drug-likeness (QED) is 0.429. The number of rotatable bonds is 0. The van der Waals surface area contributed by atoms with Gasteiger partial charge in [-0.3, -0.25) is 0 Å². The second-order valence-corrected chi connectivity index (χ2v) is 0.908. The molecule has 0 unspecified atom stereocenters. The minimum atomic E-state index is 0. The van der Waals surface area contributed by atoms with Crippen molar-refractivity contribution in [3.05, 3.63) is 0 Å². The van der Waals surface area contributed by atoms with Crippen LogP contribution in [0.4, 0.5) is 0 Å². The van der Waals surface area contributed by atoms with E-state index in [1.807, 2.05) is 0 Å². The van der Waals surface area contributed by atoms with Crippen LogP contribution in [0.25, 0.3) is 0 Å². The van der Waals surface area contributed by atoms with E-state index in [-0.39, 0.29) is 22.9 Å². The Hall–Kier alpha value is 0.189. The van der Waals surface area contributed by atoms with Gasteiger partial charge < -0.3 is 4.79 Å². The van der Waals surface area contributed by atoms with E-state index >= 15 is 0 Å². The minimum absolute atomic E-state index is 0. The van der Waals surface area contributed by atoms with Crippen LogP contribution >= 0.6 is 0 Å². The van der Waals surface area contributed by atoms with Crippen LogP contribution in [0.5, 0.6) is 0 Å². The molecular weight excluding hydrogens is 116 g/mol. The molecule has 0 N–H and O–H groups in total. The third-order valence-electron chi connectivity index (χ3n) is 0. The first kappa shape index (κ1) is 8.95. The second kappa shape index (κ2) is 4.19. The van der Waals surface area contributed by atoms with Gasteiger partial charge in [0.05, 0.1) is 0 Å². The summed E-state index contributed by atoms with van der Waals surface area (Å²) in [5, 5.41) is 0. The molecule has 2 heteroatoms. The molecule has 0 aliphatic carbocycles. The topological polar surface area (TPSA) is 17.1 Å². The summed E-state index contributed by atoms with van der Waals surface area (Å²) in [6.45, 7) is 3.06. The number of Topliss-reactive ketones (excluding diaryl/α,β-unsaturated/α-hetero) is 1. The first-order valence-corrected chi connectivity index (χ1v) is 1.20. The molecule has 0 aromatic carbocycles. The molecule has 0 rings (SSSR count). The largest absolute Gasteiger partial charge is 2.00 e. The van der Waals surface area contributed by atoms with Gasteiger partial charge in [0.25, 0.3) is 0 Å². The number of hydrogen-bond donors (Lipinski definition) is 0. The van der Waals surface area contributed by atoms with Crippen molar-refractivity contribution in [2.45, 2.75) is 13.8 Å². The molecule has 0 aliphatic heterocycles. The van der Waals surface area contributed by atoms with Crippen LogP contribution in [0, 0.1) is 0 Å². The van der Waals surface area contributed by atoms with Crippen LogP contribution in [0.15, 0.2) is 0 Å². The molecule has 0 aromatic heterocycles. The van der Waals surface area contributed by atoms with Gasteiger partial charge in [0, 0.05) is 0 Å². The Balaban J connectivity index is 0. The van der Waals surface area contributed by atoms with Gasteiger partial charge in [-0.05, 0) is 13.8 Å². The van der Waals surface area contributed by atoms with Crippen LogP contribution in [-0.2, 0) is 21.9 Å². The van der Waals surface area contributed by atoms with Gasteiger partial charge in [0.15, 0.2) is 0 Å². The van der Waals surface area contributed by atoms with Crippen LogP contribution in [0.2, 0.25) is 0 Å². The fourth-order valence-electron chi connectivity index (χ4n) is 0. The smallest absolute Gasteiger partial charge is 0.300 e. The van der Waals surface area contributed by atoms with Crippen LogP contribution in [-0.4, -0.2) is 5.78 Å². The van der Waals surface area contributed by atoms with Gasteiger partial charge in [0.2, 0.25) is 0 Å². The van der Waals surface area contributed by atoms with Crippen LogP contribution in [0.1, 0.15) is 13.8 Å². The van der Waals surface area contributed by atoms with Gasteiger partial charge in [-0.1, -0.05) is 0 Å². The Labute approximate surface area is 42.2 Å². The summed E-state index contributed by atoms with van der Waals surface area (Å²) in [7, 11) is 0. The second-order valence-electron chi connectivity index (χ2n) is 0.908. The Morgan fingerprint density at radius 1 is 1.40 bits per heavy atom. The minimum Gasteiger partial charge on any atom is -0.300 e. The molecule has 5 heavy (non-hydrogen) atoms. The average molecular weight is 122 g/mol. The Morgan fingerprint density at radius 3 is 1.40 bits per heavy atom. The summed E-state index contributed by atoms with van der Waals surface area (Å²) >= 11 is 0. The number of ketones is 1. The van der Waals surface area contributed by atoms with Gasteiger partial charge in [0.1, 0.15) is 5.78 Å². The first-order chi connectivity index (χ1) is 1.73. The van der Waals surface area contributed by atoms with Crippen molar-refractivity contribution in [3.8, 4) is 0 Å². The van der Waals surface area contributed by atoms with Crippen molar-refractivity contribution in [3.63, 3.8) is 0 Å². The fourth-order valence-corrected chi connectivity index (χ4v) is 0. The maximum Gasteiger partial charge on any atom is 2.00 e. The molecule has 0 amide bonds. The summed E-state index contributed by atoms with van der Waals surface area (Å²) in [6, 6.07) is 0. The predicted molar refractivity (Wildman–Crippen MR) is 16.4 cm³/mol. The maximum atomic E-state index is 9.44. The van der Waals surface area contributed by atoms with E-state index in [4.69, 9.17) is 0 Å². The molecule has 0 spiro atoms. The third kappa shape index (κ3) is 559. The summed E-state index contributed by atoms with van der Waals surface area (Å²) in [6.07, 6.45) is 0. The Bertz CT molecular complexity index is 29.9. The monoisotopic (exact) mass is 121 g/mol. The molecule has 1 nitrogen and oxygen atoms in total. The van der Waals surface area contributed by atoms with Crippen molar-refractivity contribution in [2.24, 2.45) is 0 Å². The molecule has 1 radical (unpaired) electrons. The van der Waals surface area contributed by atoms with E-state index in [1.165, 1.54) is 13.8 Å². The van der Waals surface area contributed by atoms with Gasteiger partial charge in [-0.15, -0.1) is 0 Å². The average Bonchev–Trinajstić information content (AvgIpc) is 0.811. The SMILES string of the molecule is CC(C)=O.[Cu+2]. The Morgan fingerprint density at radius 2 is 1.40 bits per heavy atom. The van der Waals surface area contributed by atoms with E-state index in [0.29, 0.717) is 0 Å². The molecule has 0 atom stereocenters. The van der Waals surface area contributed by atoms with E-state index in [2.05, 4.69) is 0 Å². The van der Waals surface area contributed by atoms with Gasteiger partial charge in [-0.25, -0.2) is 0 Å². The molecule has 0 aromatic rings. The van der Waals surface area contributed by atoms with Gasteiger partial charge >= 0.3 is 17.1 Å². The number of carbonyl (C=O) groups is 1. The molecule has 0 saturated carbocycles. The molecule has 0 fully saturated rings. The van der Waals surface area contributed by atoms with E-state index < -0.39 is 0 Å². The normalized spacial score (nSPS) is 5.20. The molecule has 0 saturated heterocycles. The molecular formula is C3H6CuO+2. The zero-order valence-electron chi connectivity index (χ0n) is 3.21.